The molecule has 1 aliphatic carbocycles. The van der Waals surface area contributed by atoms with Crippen LogP contribution in [-0.4, -0.2) is 53.8 Å². The van der Waals surface area contributed by atoms with Crippen LogP contribution in [0.2, 0.25) is 0 Å². The normalized spacial score (nSPS) is 25.2. The van der Waals surface area contributed by atoms with Crippen LogP contribution >= 0.6 is 11.8 Å². The molecule has 2 amide bonds. The van der Waals surface area contributed by atoms with Gasteiger partial charge in [-0.1, -0.05) is 0 Å². The number of hydrogen-bond acceptors (Lipinski definition) is 3. The maximum absolute atomic E-state index is 11.7. The van der Waals surface area contributed by atoms with Crippen LogP contribution < -0.4 is 5.32 Å². The van der Waals surface area contributed by atoms with Gasteiger partial charge in [-0.15, -0.1) is 0 Å². The molecule has 0 saturated heterocycles. The monoisotopic (exact) mass is 246 g/mol. The van der Waals surface area contributed by atoms with Crippen molar-refractivity contribution >= 4 is 17.8 Å². The van der Waals surface area contributed by atoms with Crippen molar-refractivity contribution in [3.63, 3.8) is 0 Å². The molecular weight excluding hydrogens is 224 g/mol. The van der Waals surface area contributed by atoms with Gasteiger partial charge in [0, 0.05) is 25.4 Å². The van der Waals surface area contributed by atoms with Gasteiger partial charge in [-0.05, 0) is 31.9 Å². The van der Waals surface area contributed by atoms with E-state index in [9.17, 15) is 9.90 Å². The van der Waals surface area contributed by atoms with E-state index in [1.807, 2.05) is 13.3 Å². The molecule has 0 radical (unpaired) electrons. The lowest BCUT2D eigenvalue weighted by molar-refractivity contribution is 0.116. The lowest BCUT2D eigenvalue weighted by Crippen LogP contribution is -2.45. The standard InChI is InChI=1S/C11H22N2O2S/c1-13(7-8-16-2)11(15)12-9-3-5-10(14)6-4-9/h9-10,14H,3-8H2,1-2H3,(H,12,15). The van der Waals surface area contributed by atoms with Gasteiger partial charge >= 0.3 is 6.03 Å². The van der Waals surface area contributed by atoms with Gasteiger partial charge in [-0.25, -0.2) is 4.79 Å². The minimum Gasteiger partial charge on any atom is -0.393 e. The average Bonchev–Trinajstić information content (AvgIpc) is 2.29. The summed E-state index contributed by atoms with van der Waals surface area (Å²) in [6.45, 7) is 0.780. The molecule has 0 aromatic carbocycles. The number of amides is 2. The second-order valence-corrected chi connectivity index (χ2v) is 5.35. The van der Waals surface area contributed by atoms with Crippen LogP contribution in [0.1, 0.15) is 25.7 Å². The van der Waals surface area contributed by atoms with E-state index in [0.717, 1.165) is 38.0 Å². The Labute approximate surface area is 102 Å². The van der Waals surface area contributed by atoms with Gasteiger partial charge in [0.25, 0.3) is 0 Å². The van der Waals surface area contributed by atoms with Gasteiger partial charge in [-0.2, -0.15) is 11.8 Å². The van der Waals surface area contributed by atoms with Crippen molar-refractivity contribution in [2.24, 2.45) is 0 Å². The smallest absolute Gasteiger partial charge is 0.317 e. The van der Waals surface area contributed by atoms with Crippen LogP contribution in [0.25, 0.3) is 0 Å². The zero-order valence-electron chi connectivity index (χ0n) is 10.1. The number of rotatable bonds is 4. The van der Waals surface area contributed by atoms with Crippen molar-refractivity contribution in [1.29, 1.82) is 0 Å². The minimum atomic E-state index is -0.164. The summed E-state index contributed by atoms with van der Waals surface area (Å²) in [5.41, 5.74) is 0. The second-order valence-electron chi connectivity index (χ2n) is 4.37. The minimum absolute atomic E-state index is 0.00967. The van der Waals surface area contributed by atoms with Crippen LogP contribution in [0, 0.1) is 0 Å². The molecule has 0 spiro atoms. The Morgan fingerprint density at radius 3 is 2.62 bits per heavy atom. The second kappa shape index (κ2) is 7.01. The van der Waals surface area contributed by atoms with Crippen LogP contribution in [-0.2, 0) is 0 Å². The third-order valence-corrected chi connectivity index (χ3v) is 3.59. The molecule has 2 N–H and O–H groups in total. The lowest BCUT2D eigenvalue weighted by atomic mass is 9.93. The van der Waals surface area contributed by atoms with Crippen LogP contribution in [0.3, 0.4) is 0 Å². The van der Waals surface area contributed by atoms with Crippen molar-refractivity contribution < 1.29 is 9.90 Å². The highest BCUT2D eigenvalue weighted by Crippen LogP contribution is 2.18. The van der Waals surface area contributed by atoms with Crippen LogP contribution in [0.5, 0.6) is 0 Å². The maximum Gasteiger partial charge on any atom is 0.317 e. The third-order valence-electron chi connectivity index (χ3n) is 3.00. The van der Waals surface area contributed by atoms with Gasteiger partial charge in [0.05, 0.1) is 6.10 Å². The summed E-state index contributed by atoms with van der Waals surface area (Å²) in [5.74, 6) is 0.966. The molecule has 0 aromatic rings. The highest BCUT2D eigenvalue weighted by atomic mass is 32.2. The molecule has 94 valence electrons. The summed E-state index contributed by atoms with van der Waals surface area (Å²) in [7, 11) is 1.82. The molecule has 0 aliphatic heterocycles. The maximum atomic E-state index is 11.7. The van der Waals surface area contributed by atoms with E-state index in [0.29, 0.717) is 0 Å². The number of nitrogens with one attached hydrogen (secondary N) is 1. The van der Waals surface area contributed by atoms with E-state index in [4.69, 9.17) is 0 Å². The summed E-state index contributed by atoms with van der Waals surface area (Å²) in [4.78, 5) is 13.5. The summed E-state index contributed by atoms with van der Waals surface area (Å²) >= 11 is 1.74. The van der Waals surface area contributed by atoms with E-state index in [2.05, 4.69) is 5.32 Å². The SMILES string of the molecule is CSCCN(C)C(=O)NC1CCC(O)CC1. The quantitative estimate of drug-likeness (QED) is 0.786. The number of nitrogens with zero attached hydrogens (tertiary/aromatic N) is 1. The Hall–Kier alpha value is -0.420. The number of aliphatic hydroxyl groups is 1. The topological polar surface area (TPSA) is 52.6 Å². The Morgan fingerprint density at radius 1 is 1.44 bits per heavy atom. The molecule has 0 bridgehead atoms. The van der Waals surface area contributed by atoms with E-state index in [-0.39, 0.29) is 18.2 Å². The molecule has 0 unspecified atom stereocenters. The summed E-state index contributed by atoms with van der Waals surface area (Å²) in [6.07, 6.45) is 5.27. The van der Waals surface area contributed by atoms with Crippen molar-refractivity contribution in [2.45, 2.75) is 37.8 Å². The number of aliphatic hydroxyl groups excluding tert-OH is 1. The highest BCUT2D eigenvalue weighted by molar-refractivity contribution is 7.98. The van der Waals surface area contributed by atoms with Gasteiger partial charge in [-0.3, -0.25) is 0 Å². The predicted octanol–water partition coefficient (Wildman–Crippen LogP) is 1.29. The van der Waals surface area contributed by atoms with Gasteiger partial charge in [0.1, 0.15) is 0 Å². The number of carbonyl (C=O) groups is 1. The molecule has 1 rings (SSSR count). The number of carbonyl (C=O) groups excluding carboxylic acids is 1. The van der Waals surface area contributed by atoms with Crippen molar-refractivity contribution in [2.75, 3.05) is 25.6 Å². The van der Waals surface area contributed by atoms with E-state index < -0.39 is 0 Å². The van der Waals surface area contributed by atoms with Gasteiger partial charge < -0.3 is 15.3 Å². The summed E-state index contributed by atoms with van der Waals surface area (Å²) in [6, 6.07) is 0.253. The first-order valence-electron chi connectivity index (χ1n) is 5.82. The van der Waals surface area contributed by atoms with Crippen LogP contribution in [0.4, 0.5) is 4.79 Å². The molecule has 4 nitrogen and oxygen atoms in total. The summed E-state index contributed by atoms with van der Waals surface area (Å²) < 4.78 is 0. The first kappa shape index (κ1) is 13.6. The van der Waals surface area contributed by atoms with Crippen molar-refractivity contribution in [3.8, 4) is 0 Å². The lowest BCUT2D eigenvalue weighted by Gasteiger charge is -2.28. The molecule has 0 heterocycles. The average molecular weight is 246 g/mol. The van der Waals surface area contributed by atoms with E-state index >= 15 is 0 Å². The Balaban J connectivity index is 2.22. The first-order chi connectivity index (χ1) is 7.63. The van der Waals surface area contributed by atoms with Crippen molar-refractivity contribution in [3.05, 3.63) is 0 Å². The molecule has 5 heteroatoms. The zero-order chi connectivity index (χ0) is 12.0. The first-order valence-corrected chi connectivity index (χ1v) is 7.21. The van der Waals surface area contributed by atoms with E-state index in [1.165, 1.54) is 0 Å². The highest BCUT2D eigenvalue weighted by Gasteiger charge is 2.21. The molecule has 1 saturated carbocycles. The predicted molar refractivity (Wildman–Crippen MR) is 67.8 cm³/mol. The van der Waals surface area contributed by atoms with Gasteiger partial charge in [0.15, 0.2) is 0 Å². The Bertz CT molecular complexity index is 218. The Morgan fingerprint density at radius 2 is 2.06 bits per heavy atom. The molecule has 1 fully saturated rings. The molecule has 1 aliphatic rings. The van der Waals surface area contributed by atoms with Gasteiger partial charge in [0.2, 0.25) is 0 Å². The number of thioether (sulfide) groups is 1. The fraction of sp³-hybridized carbons (Fsp3) is 0.909. The zero-order valence-corrected chi connectivity index (χ0v) is 10.9. The third kappa shape index (κ3) is 4.61. The molecule has 0 aromatic heterocycles. The molecule has 0 atom stereocenters. The number of hydrogen-bond donors (Lipinski definition) is 2. The largest absolute Gasteiger partial charge is 0.393 e. The Kier molecular flexibility index (Phi) is 5.98. The summed E-state index contributed by atoms with van der Waals surface area (Å²) in [5, 5.41) is 12.4. The van der Waals surface area contributed by atoms with Crippen LogP contribution in [0.15, 0.2) is 0 Å². The van der Waals surface area contributed by atoms with E-state index in [1.54, 1.807) is 16.7 Å². The fourth-order valence-electron chi connectivity index (χ4n) is 1.83. The van der Waals surface area contributed by atoms with Crippen molar-refractivity contribution in [1.82, 2.24) is 10.2 Å². The fourth-order valence-corrected chi connectivity index (χ4v) is 2.29. The molecule has 16 heavy (non-hydrogen) atoms. The molecular formula is C11H22N2O2S. The number of urea groups is 1.